The summed E-state index contributed by atoms with van der Waals surface area (Å²) < 4.78 is 0. The van der Waals surface area contributed by atoms with Gasteiger partial charge in [0.15, 0.2) is 7.38 Å². The minimum Gasteiger partial charge on any atom is -0.351 e. The van der Waals surface area contributed by atoms with Crippen molar-refractivity contribution in [2.24, 2.45) is 0 Å². The van der Waals surface area contributed by atoms with Gasteiger partial charge in [0.25, 0.3) is 0 Å². The van der Waals surface area contributed by atoms with E-state index in [2.05, 4.69) is 11.9 Å². The van der Waals surface area contributed by atoms with Crippen molar-refractivity contribution in [2.75, 3.05) is 0 Å². The van der Waals surface area contributed by atoms with Crippen molar-refractivity contribution >= 4 is 24.4 Å². The molecule has 0 spiro atoms. The summed E-state index contributed by atoms with van der Waals surface area (Å²) in [6.45, 7) is 11.4. The molecule has 0 aromatic rings. The normalized spacial score (nSPS) is 13.6. The fraction of sp³-hybridized carbons (Fsp3) is 0.667. The molecule has 4 heteroatoms. The Morgan fingerprint density at radius 2 is 2.08 bits per heavy atom. The monoisotopic (exact) mass is 219 g/mol. The molecule has 1 unspecified atom stereocenters. The third kappa shape index (κ3) is 4.48. The lowest BCUT2D eigenvalue weighted by Crippen LogP contribution is -2.49. The summed E-state index contributed by atoms with van der Waals surface area (Å²) in [5, 5.41) is 2.90. The summed E-state index contributed by atoms with van der Waals surface area (Å²) in [5.74, 6) is -0.0897. The molecule has 0 aliphatic carbocycles. The lowest BCUT2D eigenvalue weighted by Gasteiger charge is -2.26. The highest BCUT2D eigenvalue weighted by molar-refractivity contribution is 7.19. The Morgan fingerprint density at radius 1 is 1.62 bits per heavy atom. The van der Waals surface area contributed by atoms with Gasteiger partial charge in [0.2, 0.25) is 5.91 Å². The van der Waals surface area contributed by atoms with Gasteiger partial charge in [-0.3, -0.25) is 4.79 Å². The molecule has 0 aliphatic rings. The molecule has 1 amide bonds. The lowest BCUT2D eigenvalue weighted by molar-refractivity contribution is -0.117. The molecular weight excluding hydrogens is 202 g/mol. The van der Waals surface area contributed by atoms with E-state index in [1.165, 1.54) is 0 Å². The second-order valence-electron chi connectivity index (χ2n) is 3.78. The molecule has 76 valence electrons. The van der Waals surface area contributed by atoms with E-state index >= 15 is 0 Å². The van der Waals surface area contributed by atoms with E-state index < -0.39 is 7.38 Å². The fourth-order valence-electron chi connectivity index (χ4n) is 1.04. The third-order valence-corrected chi connectivity index (χ3v) is 4.93. The summed E-state index contributed by atoms with van der Waals surface area (Å²) in [6, 6.07) is 0. The molecular formula is C9H18ClNOSi. The van der Waals surface area contributed by atoms with Crippen molar-refractivity contribution in [3.63, 3.8) is 0 Å². The zero-order valence-electron chi connectivity index (χ0n) is 8.78. The van der Waals surface area contributed by atoms with E-state index in [-0.39, 0.29) is 11.6 Å². The Morgan fingerprint density at radius 3 is 2.31 bits per heavy atom. The molecule has 0 radical (unpaired) electrons. The van der Waals surface area contributed by atoms with E-state index in [0.29, 0.717) is 5.57 Å². The molecule has 0 aromatic heterocycles. The summed E-state index contributed by atoms with van der Waals surface area (Å²) in [7, 11) is -1.80. The Balaban J connectivity index is 4.31. The van der Waals surface area contributed by atoms with Crippen LogP contribution in [-0.2, 0) is 4.79 Å². The largest absolute Gasteiger partial charge is 0.351 e. The number of hydrogen-bond acceptors (Lipinski definition) is 1. The first kappa shape index (κ1) is 12.7. The molecule has 0 fully saturated rings. The van der Waals surface area contributed by atoms with Crippen LogP contribution in [0, 0.1) is 0 Å². The maximum absolute atomic E-state index is 11.3. The van der Waals surface area contributed by atoms with Crippen molar-refractivity contribution < 1.29 is 4.79 Å². The number of hydrogen-bond donors (Lipinski definition) is 1. The number of halogens is 1. The van der Waals surface area contributed by atoms with Gasteiger partial charge in [-0.05, 0) is 13.3 Å². The first-order chi connectivity index (χ1) is 5.79. The van der Waals surface area contributed by atoms with Crippen LogP contribution < -0.4 is 5.32 Å². The molecule has 1 N–H and O–H groups in total. The predicted molar refractivity (Wildman–Crippen MR) is 60.4 cm³/mol. The molecule has 13 heavy (non-hydrogen) atoms. The van der Waals surface area contributed by atoms with E-state index in [1.807, 2.05) is 20.0 Å². The lowest BCUT2D eigenvalue weighted by atomic mass is 10.3. The molecule has 0 aliphatic heterocycles. The van der Waals surface area contributed by atoms with E-state index in [1.54, 1.807) is 6.92 Å². The van der Waals surface area contributed by atoms with Crippen LogP contribution in [0.2, 0.25) is 13.1 Å². The highest BCUT2D eigenvalue weighted by Crippen LogP contribution is 2.16. The van der Waals surface area contributed by atoms with Gasteiger partial charge < -0.3 is 5.32 Å². The zero-order valence-corrected chi connectivity index (χ0v) is 10.5. The maximum atomic E-state index is 11.3. The van der Waals surface area contributed by atoms with Crippen LogP contribution in [-0.4, -0.2) is 19.0 Å². The average Bonchev–Trinajstić information content (AvgIpc) is 1.96. The molecule has 0 saturated heterocycles. The summed E-state index contributed by atoms with van der Waals surface area (Å²) in [6.07, 6.45) is 0.877. The van der Waals surface area contributed by atoms with Crippen LogP contribution in [0.4, 0.5) is 0 Å². The van der Waals surface area contributed by atoms with Crippen LogP contribution in [0.5, 0.6) is 0 Å². The minimum atomic E-state index is -1.80. The molecule has 0 heterocycles. The minimum absolute atomic E-state index is 0.0897. The Hall–Kier alpha value is -0.283. The molecule has 0 rings (SSSR count). The maximum Gasteiger partial charge on any atom is 0.246 e. The molecule has 0 saturated carbocycles. The molecule has 0 aromatic carbocycles. The highest BCUT2D eigenvalue weighted by Gasteiger charge is 2.29. The second kappa shape index (κ2) is 4.82. The van der Waals surface area contributed by atoms with E-state index in [4.69, 9.17) is 11.1 Å². The predicted octanol–water partition coefficient (Wildman–Crippen LogP) is 2.44. The van der Waals surface area contributed by atoms with Gasteiger partial charge in [-0.1, -0.05) is 26.6 Å². The van der Waals surface area contributed by atoms with Gasteiger partial charge in [-0.2, -0.15) is 11.1 Å². The fourth-order valence-corrected chi connectivity index (χ4v) is 3.11. The first-order valence-corrected chi connectivity index (χ1v) is 8.53. The molecule has 2 nitrogen and oxygen atoms in total. The van der Waals surface area contributed by atoms with Crippen LogP contribution >= 0.6 is 11.1 Å². The smallest absolute Gasteiger partial charge is 0.246 e. The van der Waals surface area contributed by atoms with Gasteiger partial charge in [-0.25, -0.2) is 0 Å². The Bertz CT molecular complexity index is 210. The Labute approximate surface area is 86.1 Å². The summed E-state index contributed by atoms with van der Waals surface area (Å²) >= 11 is 6.24. The van der Waals surface area contributed by atoms with Crippen LogP contribution in [0.15, 0.2) is 12.2 Å². The SMILES string of the molecule is C=C(C)C(=O)NC(CC)[Si](C)(C)Cl. The van der Waals surface area contributed by atoms with Gasteiger partial charge in [0.1, 0.15) is 0 Å². The Kier molecular flexibility index (Phi) is 4.71. The van der Waals surface area contributed by atoms with Crippen molar-refractivity contribution in [1.29, 1.82) is 0 Å². The van der Waals surface area contributed by atoms with Gasteiger partial charge >= 0.3 is 0 Å². The number of rotatable bonds is 4. The average molecular weight is 220 g/mol. The number of carbonyl (C=O) groups excluding carboxylic acids is 1. The topological polar surface area (TPSA) is 29.1 Å². The van der Waals surface area contributed by atoms with Crippen LogP contribution in [0.1, 0.15) is 20.3 Å². The first-order valence-electron chi connectivity index (χ1n) is 4.44. The van der Waals surface area contributed by atoms with E-state index in [0.717, 1.165) is 6.42 Å². The third-order valence-electron chi connectivity index (χ3n) is 1.93. The van der Waals surface area contributed by atoms with Crippen LogP contribution in [0.25, 0.3) is 0 Å². The number of amides is 1. The summed E-state index contributed by atoms with van der Waals surface area (Å²) in [4.78, 5) is 11.3. The zero-order chi connectivity index (χ0) is 10.6. The van der Waals surface area contributed by atoms with Crippen LogP contribution in [0.3, 0.4) is 0 Å². The van der Waals surface area contributed by atoms with Crippen molar-refractivity contribution in [3.8, 4) is 0 Å². The standard InChI is InChI=1S/C9H18ClNOSi/c1-6-8(13(4,5)10)11-9(12)7(2)3/h8H,2,6H2,1,3-5H3,(H,11,12). The van der Waals surface area contributed by atoms with Crippen molar-refractivity contribution in [1.82, 2.24) is 5.32 Å². The molecule has 1 atom stereocenters. The van der Waals surface area contributed by atoms with Gasteiger partial charge in [0.05, 0.1) is 0 Å². The number of nitrogens with one attached hydrogen (secondary N) is 1. The van der Waals surface area contributed by atoms with Gasteiger partial charge in [-0.15, -0.1) is 0 Å². The highest BCUT2D eigenvalue weighted by atomic mass is 35.6. The second-order valence-corrected chi connectivity index (χ2v) is 10.5. The van der Waals surface area contributed by atoms with Crippen molar-refractivity contribution in [3.05, 3.63) is 12.2 Å². The van der Waals surface area contributed by atoms with E-state index in [9.17, 15) is 4.79 Å². The van der Waals surface area contributed by atoms with Gasteiger partial charge in [0, 0.05) is 11.2 Å². The van der Waals surface area contributed by atoms with Crippen molar-refractivity contribution in [2.45, 2.75) is 39.0 Å². The number of carbonyl (C=O) groups is 1. The molecule has 0 bridgehead atoms. The summed E-state index contributed by atoms with van der Waals surface area (Å²) in [5.41, 5.74) is 0.659. The quantitative estimate of drug-likeness (QED) is 0.439.